The molecule has 2 nitrogen and oxygen atoms in total. The molecule has 0 aromatic heterocycles. The lowest BCUT2D eigenvalue weighted by atomic mass is 9.79. The average Bonchev–Trinajstić information content (AvgIpc) is 2.05. The zero-order valence-corrected chi connectivity index (χ0v) is 7.36. The van der Waals surface area contributed by atoms with Crippen molar-refractivity contribution in [3.8, 4) is 5.75 Å². The third-order valence-electron chi connectivity index (χ3n) is 2.77. The van der Waals surface area contributed by atoms with Gasteiger partial charge in [0, 0.05) is 0 Å². The van der Waals surface area contributed by atoms with Gasteiger partial charge in [-0.25, -0.2) is 0 Å². The van der Waals surface area contributed by atoms with Crippen LogP contribution in [0.2, 0.25) is 0 Å². The minimum absolute atomic E-state index is 0.183. The minimum atomic E-state index is 0.183. The summed E-state index contributed by atoms with van der Waals surface area (Å²) in [7, 11) is 0. The molecule has 2 rings (SSSR count). The summed E-state index contributed by atoms with van der Waals surface area (Å²) in [6.07, 6.45) is 4.21. The summed E-state index contributed by atoms with van der Waals surface area (Å²) in [5, 5.41) is 9.69. The molecule has 2 heteroatoms. The number of carbonyl (C=O) groups is 1. The minimum Gasteiger partial charge on any atom is -0.507 e. The quantitative estimate of drug-likeness (QED) is 0.703. The summed E-state index contributed by atoms with van der Waals surface area (Å²) >= 11 is 0. The summed E-state index contributed by atoms with van der Waals surface area (Å²) in [6, 6.07) is 5.38. The first kappa shape index (κ1) is 8.30. The van der Waals surface area contributed by atoms with Gasteiger partial charge in [-0.2, -0.15) is 0 Å². The molecule has 0 radical (unpaired) electrons. The molecule has 1 aromatic rings. The molecule has 1 aliphatic carbocycles. The molecule has 13 heavy (non-hydrogen) atoms. The molecule has 1 fully saturated rings. The van der Waals surface area contributed by atoms with E-state index in [9.17, 15) is 9.90 Å². The van der Waals surface area contributed by atoms with Gasteiger partial charge in [-0.1, -0.05) is 18.6 Å². The Kier molecular flexibility index (Phi) is 2.05. The Bertz CT molecular complexity index is 327. The summed E-state index contributed by atoms with van der Waals surface area (Å²) in [4.78, 5) is 10.5. The lowest BCUT2D eigenvalue weighted by Crippen LogP contribution is -2.09. The highest BCUT2D eigenvalue weighted by atomic mass is 16.3. The maximum absolute atomic E-state index is 10.5. The van der Waals surface area contributed by atoms with E-state index < -0.39 is 0 Å². The number of aldehydes is 1. The number of hydrogen-bond donors (Lipinski definition) is 1. The maximum Gasteiger partial charge on any atom is 0.153 e. The van der Waals surface area contributed by atoms with Crippen molar-refractivity contribution in [1.29, 1.82) is 0 Å². The van der Waals surface area contributed by atoms with Crippen molar-refractivity contribution < 1.29 is 9.90 Å². The van der Waals surface area contributed by atoms with Crippen LogP contribution >= 0.6 is 0 Å². The second kappa shape index (κ2) is 3.21. The van der Waals surface area contributed by atoms with E-state index >= 15 is 0 Å². The Labute approximate surface area is 77.2 Å². The fourth-order valence-electron chi connectivity index (χ4n) is 1.72. The van der Waals surface area contributed by atoms with Gasteiger partial charge in [-0.05, 0) is 30.4 Å². The van der Waals surface area contributed by atoms with Gasteiger partial charge >= 0.3 is 0 Å². The maximum atomic E-state index is 10.5. The standard InChI is InChI=1S/C11H12O2/c12-7-9-5-2-6-10(11(9)13)8-3-1-4-8/h2,5-8,13H,1,3-4H2. The summed E-state index contributed by atoms with van der Waals surface area (Å²) < 4.78 is 0. The van der Waals surface area contributed by atoms with Crippen molar-refractivity contribution in [3.63, 3.8) is 0 Å². The number of hydrogen-bond acceptors (Lipinski definition) is 2. The Morgan fingerprint density at radius 1 is 1.38 bits per heavy atom. The van der Waals surface area contributed by atoms with Gasteiger partial charge in [0.15, 0.2) is 6.29 Å². The predicted molar refractivity (Wildman–Crippen MR) is 50.1 cm³/mol. The van der Waals surface area contributed by atoms with E-state index in [4.69, 9.17) is 0 Å². The highest BCUT2D eigenvalue weighted by Gasteiger charge is 2.22. The first-order valence-electron chi connectivity index (χ1n) is 4.60. The normalized spacial score (nSPS) is 16.6. The van der Waals surface area contributed by atoms with Crippen LogP contribution in [0.25, 0.3) is 0 Å². The molecule has 0 unspecified atom stereocenters. The highest BCUT2D eigenvalue weighted by molar-refractivity contribution is 5.80. The van der Waals surface area contributed by atoms with Gasteiger partial charge in [-0.3, -0.25) is 4.79 Å². The average molecular weight is 176 g/mol. The summed E-state index contributed by atoms with van der Waals surface area (Å²) in [5.41, 5.74) is 1.35. The van der Waals surface area contributed by atoms with Gasteiger partial charge in [-0.15, -0.1) is 0 Å². The zero-order valence-electron chi connectivity index (χ0n) is 7.36. The fourth-order valence-corrected chi connectivity index (χ4v) is 1.72. The van der Waals surface area contributed by atoms with Crippen molar-refractivity contribution in [3.05, 3.63) is 29.3 Å². The third-order valence-corrected chi connectivity index (χ3v) is 2.77. The van der Waals surface area contributed by atoms with E-state index in [0.29, 0.717) is 17.8 Å². The molecule has 0 atom stereocenters. The van der Waals surface area contributed by atoms with Gasteiger partial charge < -0.3 is 5.11 Å². The number of benzene rings is 1. The van der Waals surface area contributed by atoms with Crippen molar-refractivity contribution >= 4 is 6.29 Å². The van der Waals surface area contributed by atoms with Crippen LogP contribution in [0.15, 0.2) is 18.2 Å². The van der Waals surface area contributed by atoms with Crippen LogP contribution in [-0.2, 0) is 0 Å². The van der Waals surface area contributed by atoms with Crippen LogP contribution < -0.4 is 0 Å². The van der Waals surface area contributed by atoms with Gasteiger partial charge in [0.25, 0.3) is 0 Å². The molecule has 1 saturated carbocycles. The van der Waals surface area contributed by atoms with E-state index in [0.717, 1.165) is 18.4 Å². The molecule has 0 spiro atoms. The number of rotatable bonds is 2. The molecule has 68 valence electrons. The first-order valence-corrected chi connectivity index (χ1v) is 4.60. The molecule has 0 bridgehead atoms. The Morgan fingerprint density at radius 3 is 2.69 bits per heavy atom. The van der Waals surface area contributed by atoms with E-state index in [1.165, 1.54) is 6.42 Å². The highest BCUT2D eigenvalue weighted by Crippen LogP contribution is 2.41. The lowest BCUT2D eigenvalue weighted by molar-refractivity contribution is 0.112. The van der Waals surface area contributed by atoms with E-state index in [1.807, 2.05) is 12.1 Å². The van der Waals surface area contributed by atoms with Crippen LogP contribution in [0.1, 0.15) is 41.1 Å². The molecule has 0 saturated heterocycles. The predicted octanol–water partition coefficient (Wildman–Crippen LogP) is 2.47. The van der Waals surface area contributed by atoms with Gasteiger partial charge in [0.1, 0.15) is 5.75 Å². The third kappa shape index (κ3) is 1.32. The molecule has 1 aliphatic rings. The Balaban J connectivity index is 2.39. The number of aromatic hydroxyl groups is 1. The molecule has 0 aliphatic heterocycles. The lowest BCUT2D eigenvalue weighted by Gasteiger charge is -2.26. The van der Waals surface area contributed by atoms with Crippen LogP contribution in [0.4, 0.5) is 0 Å². The smallest absolute Gasteiger partial charge is 0.153 e. The van der Waals surface area contributed by atoms with Gasteiger partial charge in [0.05, 0.1) is 5.56 Å². The molecule has 1 aromatic carbocycles. The largest absolute Gasteiger partial charge is 0.507 e. The van der Waals surface area contributed by atoms with Crippen molar-refractivity contribution in [1.82, 2.24) is 0 Å². The molecule has 0 heterocycles. The second-order valence-electron chi connectivity index (χ2n) is 3.53. The van der Waals surface area contributed by atoms with Crippen molar-refractivity contribution in [2.75, 3.05) is 0 Å². The van der Waals surface area contributed by atoms with Gasteiger partial charge in [0.2, 0.25) is 0 Å². The number of phenols is 1. The second-order valence-corrected chi connectivity index (χ2v) is 3.53. The van der Waals surface area contributed by atoms with Crippen molar-refractivity contribution in [2.24, 2.45) is 0 Å². The first-order chi connectivity index (χ1) is 6.33. The van der Waals surface area contributed by atoms with E-state index in [-0.39, 0.29) is 5.75 Å². The van der Waals surface area contributed by atoms with Crippen LogP contribution in [0, 0.1) is 0 Å². The van der Waals surface area contributed by atoms with E-state index in [1.54, 1.807) is 6.07 Å². The topological polar surface area (TPSA) is 37.3 Å². The molecule has 1 N–H and O–H groups in total. The SMILES string of the molecule is O=Cc1cccc(C2CCC2)c1O. The number of phenolic OH excluding ortho intramolecular Hbond substituents is 1. The monoisotopic (exact) mass is 176 g/mol. The molecular formula is C11H12O2. The van der Waals surface area contributed by atoms with Crippen LogP contribution in [0.5, 0.6) is 5.75 Å². The Hall–Kier alpha value is -1.31. The number of para-hydroxylation sites is 1. The zero-order chi connectivity index (χ0) is 9.26. The number of carbonyl (C=O) groups excluding carboxylic acids is 1. The molecular weight excluding hydrogens is 164 g/mol. The fraction of sp³-hybridized carbons (Fsp3) is 0.364. The van der Waals surface area contributed by atoms with Crippen LogP contribution in [-0.4, -0.2) is 11.4 Å². The Morgan fingerprint density at radius 2 is 2.15 bits per heavy atom. The molecule has 0 amide bonds. The summed E-state index contributed by atoms with van der Waals surface area (Å²) in [6.45, 7) is 0. The summed E-state index contributed by atoms with van der Waals surface area (Å²) in [5.74, 6) is 0.655. The van der Waals surface area contributed by atoms with Crippen LogP contribution in [0.3, 0.4) is 0 Å². The van der Waals surface area contributed by atoms with Crippen molar-refractivity contribution in [2.45, 2.75) is 25.2 Å². The van der Waals surface area contributed by atoms with E-state index in [2.05, 4.69) is 0 Å².